The molecule has 0 aromatic rings. The summed E-state index contributed by atoms with van der Waals surface area (Å²) in [6.45, 7) is 2.21. The van der Waals surface area contributed by atoms with Crippen LogP contribution in [0, 0.1) is 11.8 Å². The van der Waals surface area contributed by atoms with Gasteiger partial charge in [0.15, 0.2) is 0 Å². The molecule has 0 bridgehead atoms. The second kappa shape index (κ2) is 7.49. The molecule has 2 fully saturated rings. The molecule has 2 atom stereocenters. The predicted molar refractivity (Wildman–Crippen MR) is 78.6 cm³/mol. The third-order valence-corrected chi connectivity index (χ3v) is 5.26. The number of nitrogens with two attached hydrogens (primary N) is 1. The van der Waals surface area contributed by atoms with Crippen molar-refractivity contribution in [3.8, 4) is 0 Å². The molecule has 0 aromatic heterocycles. The van der Waals surface area contributed by atoms with Crippen LogP contribution in [0.5, 0.6) is 0 Å². The molecule has 0 aromatic carbocycles. The van der Waals surface area contributed by atoms with E-state index in [0.717, 1.165) is 24.4 Å². The number of nitrogens with zero attached hydrogens (tertiary/aromatic N) is 1. The first-order chi connectivity index (χ1) is 8.81. The molecule has 0 amide bonds. The zero-order valence-corrected chi connectivity index (χ0v) is 12.2. The van der Waals surface area contributed by atoms with E-state index in [1.807, 2.05) is 0 Å². The Morgan fingerprint density at radius 2 is 1.50 bits per heavy atom. The van der Waals surface area contributed by atoms with Gasteiger partial charge in [0.2, 0.25) is 0 Å². The van der Waals surface area contributed by atoms with Gasteiger partial charge in [-0.05, 0) is 51.1 Å². The van der Waals surface area contributed by atoms with Crippen LogP contribution in [-0.2, 0) is 0 Å². The maximum Gasteiger partial charge on any atom is 0.0133 e. The Balaban J connectivity index is 1.82. The van der Waals surface area contributed by atoms with E-state index in [2.05, 4.69) is 11.9 Å². The van der Waals surface area contributed by atoms with Crippen molar-refractivity contribution < 1.29 is 0 Å². The summed E-state index contributed by atoms with van der Waals surface area (Å²) in [6, 6.07) is 0.770. The van der Waals surface area contributed by atoms with Crippen molar-refractivity contribution in [1.29, 1.82) is 0 Å². The Hall–Kier alpha value is -0.0800. The van der Waals surface area contributed by atoms with Crippen LogP contribution in [0.15, 0.2) is 0 Å². The molecule has 0 aliphatic heterocycles. The predicted octanol–water partition coefficient (Wildman–Crippen LogP) is 3.41. The second-order valence-corrected chi connectivity index (χ2v) is 6.64. The molecule has 18 heavy (non-hydrogen) atoms. The summed E-state index contributed by atoms with van der Waals surface area (Å²) in [6.07, 6.45) is 14.3. The van der Waals surface area contributed by atoms with Crippen LogP contribution in [-0.4, -0.2) is 31.1 Å². The molecule has 0 heterocycles. The van der Waals surface area contributed by atoms with Gasteiger partial charge in [-0.3, -0.25) is 0 Å². The fourth-order valence-electron chi connectivity index (χ4n) is 4.13. The Kier molecular flexibility index (Phi) is 5.97. The molecule has 2 saturated carbocycles. The van der Waals surface area contributed by atoms with E-state index in [0.29, 0.717) is 0 Å². The largest absolute Gasteiger partial charge is 0.330 e. The lowest BCUT2D eigenvalue weighted by atomic mass is 9.83. The molecular weight excluding hydrogens is 220 g/mol. The van der Waals surface area contributed by atoms with Gasteiger partial charge in [0, 0.05) is 12.6 Å². The topological polar surface area (TPSA) is 29.3 Å². The fraction of sp³-hybridized carbons (Fsp3) is 1.00. The lowest BCUT2D eigenvalue weighted by molar-refractivity contribution is 0.113. The highest BCUT2D eigenvalue weighted by Crippen LogP contribution is 2.29. The molecule has 2 N–H and O–H groups in total. The van der Waals surface area contributed by atoms with Crippen molar-refractivity contribution in [1.82, 2.24) is 4.90 Å². The Morgan fingerprint density at radius 3 is 2.17 bits per heavy atom. The first-order valence-corrected chi connectivity index (χ1v) is 8.21. The van der Waals surface area contributed by atoms with Gasteiger partial charge < -0.3 is 10.6 Å². The summed E-state index contributed by atoms with van der Waals surface area (Å²) in [5.74, 6) is 1.72. The number of hydrogen-bond acceptors (Lipinski definition) is 2. The Morgan fingerprint density at radius 1 is 0.889 bits per heavy atom. The molecule has 2 unspecified atom stereocenters. The molecule has 2 aliphatic rings. The fourth-order valence-corrected chi connectivity index (χ4v) is 4.13. The average Bonchev–Trinajstić information content (AvgIpc) is 2.67. The lowest BCUT2D eigenvalue weighted by Gasteiger charge is -2.39. The van der Waals surface area contributed by atoms with E-state index in [9.17, 15) is 0 Å². The van der Waals surface area contributed by atoms with Gasteiger partial charge >= 0.3 is 0 Å². The molecule has 0 radical (unpaired) electrons. The minimum Gasteiger partial charge on any atom is -0.330 e. The maximum atomic E-state index is 5.96. The van der Waals surface area contributed by atoms with Gasteiger partial charge in [-0.15, -0.1) is 0 Å². The smallest absolute Gasteiger partial charge is 0.0133 e. The average molecular weight is 252 g/mol. The zero-order valence-electron chi connectivity index (χ0n) is 12.2. The van der Waals surface area contributed by atoms with E-state index < -0.39 is 0 Å². The summed E-state index contributed by atoms with van der Waals surface area (Å²) in [4.78, 5) is 2.66. The third-order valence-electron chi connectivity index (χ3n) is 5.26. The first kappa shape index (κ1) is 14.3. The number of hydrogen-bond donors (Lipinski definition) is 1. The highest BCUT2D eigenvalue weighted by molar-refractivity contribution is 4.83. The molecule has 0 saturated heterocycles. The minimum atomic E-state index is 0.759. The van der Waals surface area contributed by atoms with Crippen molar-refractivity contribution in [2.24, 2.45) is 17.6 Å². The lowest BCUT2D eigenvalue weighted by Crippen LogP contribution is -2.44. The Bertz CT molecular complexity index is 221. The number of rotatable bonds is 4. The minimum absolute atomic E-state index is 0.759. The Labute approximate surface area is 113 Å². The van der Waals surface area contributed by atoms with Gasteiger partial charge in [-0.25, -0.2) is 0 Å². The maximum absolute atomic E-state index is 5.96. The summed E-state index contributed by atoms with van der Waals surface area (Å²) in [7, 11) is 2.35. The van der Waals surface area contributed by atoms with Gasteiger partial charge in [0.25, 0.3) is 0 Å². The zero-order chi connectivity index (χ0) is 12.8. The molecular formula is C16H32N2. The van der Waals surface area contributed by atoms with Crippen LogP contribution >= 0.6 is 0 Å². The van der Waals surface area contributed by atoms with Gasteiger partial charge in [-0.1, -0.05) is 38.5 Å². The molecule has 2 rings (SSSR count). The summed E-state index contributed by atoms with van der Waals surface area (Å²) in [5, 5.41) is 0. The summed E-state index contributed by atoms with van der Waals surface area (Å²) >= 11 is 0. The quantitative estimate of drug-likeness (QED) is 0.777. The SMILES string of the molecule is CN(CC1CCCCCC1)C1CCCCC1CN. The summed E-state index contributed by atoms with van der Waals surface area (Å²) < 4.78 is 0. The molecule has 106 valence electrons. The van der Waals surface area contributed by atoms with Crippen LogP contribution in [0.3, 0.4) is 0 Å². The summed E-state index contributed by atoms with van der Waals surface area (Å²) in [5.41, 5.74) is 5.96. The van der Waals surface area contributed by atoms with E-state index in [4.69, 9.17) is 5.73 Å². The normalized spacial score (nSPS) is 31.5. The van der Waals surface area contributed by atoms with Crippen molar-refractivity contribution in [3.63, 3.8) is 0 Å². The second-order valence-electron chi connectivity index (χ2n) is 6.64. The van der Waals surface area contributed by atoms with E-state index in [-0.39, 0.29) is 0 Å². The molecule has 2 heteroatoms. The van der Waals surface area contributed by atoms with E-state index >= 15 is 0 Å². The van der Waals surface area contributed by atoms with Gasteiger partial charge in [-0.2, -0.15) is 0 Å². The van der Waals surface area contributed by atoms with Crippen molar-refractivity contribution in [2.45, 2.75) is 70.3 Å². The van der Waals surface area contributed by atoms with Crippen molar-refractivity contribution >= 4 is 0 Å². The first-order valence-electron chi connectivity index (χ1n) is 8.21. The van der Waals surface area contributed by atoms with Crippen molar-refractivity contribution in [2.75, 3.05) is 20.1 Å². The monoisotopic (exact) mass is 252 g/mol. The molecule has 2 aliphatic carbocycles. The van der Waals surface area contributed by atoms with Crippen molar-refractivity contribution in [3.05, 3.63) is 0 Å². The van der Waals surface area contributed by atoms with Crippen LogP contribution in [0.4, 0.5) is 0 Å². The van der Waals surface area contributed by atoms with Gasteiger partial charge in [0.1, 0.15) is 0 Å². The van der Waals surface area contributed by atoms with E-state index in [1.165, 1.54) is 70.8 Å². The molecule has 2 nitrogen and oxygen atoms in total. The van der Waals surface area contributed by atoms with E-state index in [1.54, 1.807) is 0 Å². The van der Waals surface area contributed by atoms with Crippen LogP contribution in [0.1, 0.15) is 64.2 Å². The van der Waals surface area contributed by atoms with Gasteiger partial charge in [0.05, 0.1) is 0 Å². The van der Waals surface area contributed by atoms with Crippen LogP contribution in [0.25, 0.3) is 0 Å². The van der Waals surface area contributed by atoms with Crippen LogP contribution in [0.2, 0.25) is 0 Å². The standard InChI is InChI=1S/C16H32N2/c1-18(13-14-8-4-2-3-5-9-14)16-11-7-6-10-15(16)12-17/h14-16H,2-13,17H2,1H3. The highest BCUT2D eigenvalue weighted by atomic mass is 15.1. The van der Waals surface area contributed by atoms with Crippen LogP contribution < -0.4 is 5.73 Å². The highest BCUT2D eigenvalue weighted by Gasteiger charge is 2.28. The molecule has 0 spiro atoms. The third kappa shape index (κ3) is 3.96.